The van der Waals surface area contributed by atoms with Gasteiger partial charge in [-0.2, -0.15) is 0 Å². The Labute approximate surface area is 209 Å². The highest BCUT2D eigenvalue weighted by atomic mass is 16.6. The molecule has 1 fully saturated rings. The highest BCUT2D eigenvalue weighted by Crippen LogP contribution is 2.33. The van der Waals surface area contributed by atoms with Gasteiger partial charge in [-0.05, 0) is 33.6 Å². The number of nitrogen functional groups attached to an aromatic ring is 1. The van der Waals surface area contributed by atoms with Gasteiger partial charge in [-0.1, -0.05) is 11.8 Å². The second-order valence-electron chi connectivity index (χ2n) is 9.36. The van der Waals surface area contributed by atoms with Crippen LogP contribution in [0.2, 0.25) is 0 Å². The SMILES string of the molecule is CC(C)(C)OC(=O)NCC(=O)OCCCCC#Cc1cn([C@H]2C[C@@H](O)[C@@H](CO)O2)c2ncnc(N)c12. The number of nitrogens with one attached hydrogen (secondary N) is 1. The number of rotatable bonds is 8. The van der Waals surface area contributed by atoms with E-state index >= 15 is 0 Å². The number of aliphatic hydroxyl groups is 2. The largest absolute Gasteiger partial charge is 0.464 e. The van der Waals surface area contributed by atoms with Crippen LogP contribution < -0.4 is 11.1 Å². The van der Waals surface area contributed by atoms with E-state index in [-0.39, 0.29) is 25.6 Å². The van der Waals surface area contributed by atoms with Gasteiger partial charge in [0.25, 0.3) is 0 Å². The zero-order valence-corrected chi connectivity index (χ0v) is 20.7. The molecule has 0 aromatic carbocycles. The van der Waals surface area contributed by atoms with Crippen LogP contribution in [0, 0.1) is 11.8 Å². The number of amides is 1. The first-order valence-corrected chi connectivity index (χ1v) is 11.8. The summed E-state index contributed by atoms with van der Waals surface area (Å²) in [5.74, 6) is 5.92. The first kappa shape index (κ1) is 27.2. The van der Waals surface area contributed by atoms with E-state index < -0.39 is 36.1 Å². The number of nitrogens with zero attached hydrogens (tertiary/aromatic N) is 3. The molecule has 0 radical (unpaired) electrons. The molecule has 1 saturated heterocycles. The third-order valence-electron chi connectivity index (χ3n) is 5.29. The normalized spacial score (nSPS) is 19.5. The molecule has 12 nitrogen and oxygen atoms in total. The topological polar surface area (TPSA) is 171 Å². The predicted octanol–water partition coefficient (Wildman–Crippen LogP) is 1.24. The summed E-state index contributed by atoms with van der Waals surface area (Å²) in [5.41, 5.74) is 6.61. The number of ether oxygens (including phenoxy) is 3. The molecule has 2 aromatic heterocycles. The van der Waals surface area contributed by atoms with Crippen molar-refractivity contribution in [3.05, 3.63) is 18.1 Å². The highest BCUT2D eigenvalue weighted by molar-refractivity contribution is 5.92. The Hall–Kier alpha value is -3.40. The number of fused-ring (bicyclic) bond motifs is 1. The van der Waals surface area contributed by atoms with Crippen LogP contribution >= 0.6 is 0 Å². The maximum atomic E-state index is 11.7. The fraction of sp³-hybridized carbons (Fsp3) is 0.583. The minimum absolute atomic E-state index is 0.212. The summed E-state index contributed by atoms with van der Waals surface area (Å²) < 4.78 is 17.7. The van der Waals surface area contributed by atoms with Gasteiger partial charge < -0.3 is 40.0 Å². The number of hydrogen-bond donors (Lipinski definition) is 4. The van der Waals surface area contributed by atoms with E-state index in [0.717, 1.165) is 0 Å². The summed E-state index contributed by atoms with van der Waals surface area (Å²) in [5, 5.41) is 22.4. The standard InChI is InChI=1S/C24H33N5O7/c1-24(2,3)36-23(33)26-11-19(32)34-9-7-5-4-6-8-15-12-29(18-10-16(31)17(13-30)35-18)22-20(15)21(25)27-14-28-22/h12,14,16-18,30-31H,4-5,7,9-11,13H2,1-3H3,(H,26,33)(H2,25,27,28)/t16-,17-,18-/m1/s1. The van der Waals surface area contributed by atoms with Crippen LogP contribution in [0.5, 0.6) is 0 Å². The van der Waals surface area contributed by atoms with Gasteiger partial charge in [-0.15, -0.1) is 0 Å². The van der Waals surface area contributed by atoms with Gasteiger partial charge in [0.15, 0.2) is 0 Å². The summed E-state index contributed by atoms with van der Waals surface area (Å²) in [4.78, 5) is 31.6. The second-order valence-corrected chi connectivity index (χ2v) is 9.36. The molecule has 0 unspecified atom stereocenters. The molecule has 0 bridgehead atoms. The van der Waals surface area contributed by atoms with Crippen molar-refractivity contribution >= 4 is 28.9 Å². The monoisotopic (exact) mass is 503 g/mol. The molecule has 5 N–H and O–H groups in total. The molecule has 3 heterocycles. The number of aromatic nitrogens is 3. The third-order valence-corrected chi connectivity index (χ3v) is 5.29. The van der Waals surface area contributed by atoms with Crippen LogP contribution in [0.3, 0.4) is 0 Å². The number of aliphatic hydroxyl groups excluding tert-OH is 2. The molecule has 2 aromatic rings. The zero-order chi connectivity index (χ0) is 26.3. The van der Waals surface area contributed by atoms with E-state index in [1.165, 1.54) is 6.33 Å². The maximum Gasteiger partial charge on any atom is 0.408 e. The number of unbranched alkanes of at least 4 members (excludes halogenated alkanes) is 2. The molecule has 3 rings (SSSR count). The maximum absolute atomic E-state index is 11.7. The van der Waals surface area contributed by atoms with Gasteiger partial charge in [0.05, 0.1) is 30.3 Å². The Bertz CT molecular complexity index is 1130. The Balaban J connectivity index is 1.49. The van der Waals surface area contributed by atoms with E-state index in [2.05, 4.69) is 27.1 Å². The van der Waals surface area contributed by atoms with Gasteiger partial charge >= 0.3 is 12.1 Å². The van der Waals surface area contributed by atoms with Crippen LogP contribution in [0.15, 0.2) is 12.5 Å². The molecule has 1 aliphatic heterocycles. The lowest BCUT2D eigenvalue weighted by Crippen LogP contribution is -2.36. The van der Waals surface area contributed by atoms with Crippen molar-refractivity contribution in [2.24, 2.45) is 0 Å². The fourth-order valence-electron chi connectivity index (χ4n) is 3.64. The van der Waals surface area contributed by atoms with E-state index in [1.54, 1.807) is 31.5 Å². The molecule has 0 spiro atoms. The molecular weight excluding hydrogens is 470 g/mol. The average Bonchev–Trinajstić information content (AvgIpc) is 3.36. The quantitative estimate of drug-likeness (QED) is 0.233. The van der Waals surface area contributed by atoms with Crippen molar-refractivity contribution in [2.75, 3.05) is 25.5 Å². The second kappa shape index (κ2) is 12.0. The molecule has 1 amide bonds. The van der Waals surface area contributed by atoms with Crippen molar-refractivity contribution in [3.8, 4) is 11.8 Å². The number of hydrogen-bond acceptors (Lipinski definition) is 10. The van der Waals surface area contributed by atoms with Crippen LogP contribution in [-0.2, 0) is 19.0 Å². The number of esters is 1. The van der Waals surface area contributed by atoms with Crippen LogP contribution in [0.25, 0.3) is 11.0 Å². The van der Waals surface area contributed by atoms with Crippen molar-refractivity contribution in [1.29, 1.82) is 0 Å². The van der Waals surface area contributed by atoms with Crippen molar-refractivity contribution in [3.63, 3.8) is 0 Å². The number of carbonyl (C=O) groups excluding carboxylic acids is 2. The fourth-order valence-corrected chi connectivity index (χ4v) is 3.64. The summed E-state index contributed by atoms with van der Waals surface area (Å²) >= 11 is 0. The third kappa shape index (κ3) is 7.30. The summed E-state index contributed by atoms with van der Waals surface area (Å²) in [7, 11) is 0. The van der Waals surface area contributed by atoms with Gasteiger partial charge in [0.2, 0.25) is 0 Å². The van der Waals surface area contributed by atoms with E-state index in [4.69, 9.17) is 19.9 Å². The summed E-state index contributed by atoms with van der Waals surface area (Å²) in [6.45, 7) is 4.87. The number of carbonyl (C=O) groups is 2. The Morgan fingerprint density at radius 1 is 1.33 bits per heavy atom. The minimum Gasteiger partial charge on any atom is -0.464 e. The lowest BCUT2D eigenvalue weighted by atomic mass is 10.2. The van der Waals surface area contributed by atoms with Gasteiger partial charge in [0, 0.05) is 19.0 Å². The highest BCUT2D eigenvalue weighted by Gasteiger charge is 2.35. The van der Waals surface area contributed by atoms with E-state index in [9.17, 15) is 19.8 Å². The Morgan fingerprint density at radius 2 is 2.11 bits per heavy atom. The number of alkyl carbamates (subject to hydrolysis) is 1. The van der Waals surface area contributed by atoms with Gasteiger partial charge in [-0.25, -0.2) is 14.8 Å². The molecule has 1 aliphatic rings. The Kier molecular flexibility index (Phi) is 9.08. The average molecular weight is 504 g/mol. The first-order valence-electron chi connectivity index (χ1n) is 11.8. The van der Waals surface area contributed by atoms with Crippen LogP contribution in [-0.4, -0.2) is 74.4 Å². The van der Waals surface area contributed by atoms with E-state index in [1.807, 2.05) is 0 Å². The van der Waals surface area contributed by atoms with Crippen molar-refractivity contribution in [1.82, 2.24) is 19.9 Å². The van der Waals surface area contributed by atoms with Gasteiger partial charge in [0.1, 0.15) is 42.3 Å². The number of nitrogens with two attached hydrogens (primary N) is 1. The molecule has 12 heteroatoms. The lowest BCUT2D eigenvalue weighted by Gasteiger charge is -2.19. The molecule has 196 valence electrons. The summed E-state index contributed by atoms with van der Waals surface area (Å²) in [6.07, 6.45) is 2.64. The lowest BCUT2D eigenvalue weighted by molar-refractivity contribution is -0.142. The molecular formula is C24H33N5O7. The van der Waals surface area contributed by atoms with Gasteiger partial charge in [-0.3, -0.25) is 4.79 Å². The molecule has 36 heavy (non-hydrogen) atoms. The minimum atomic E-state index is -0.784. The molecule has 0 saturated carbocycles. The zero-order valence-electron chi connectivity index (χ0n) is 20.7. The first-order chi connectivity index (χ1) is 17.1. The van der Waals surface area contributed by atoms with Crippen molar-refractivity contribution < 1.29 is 34.0 Å². The Morgan fingerprint density at radius 3 is 2.81 bits per heavy atom. The number of anilines is 1. The smallest absolute Gasteiger partial charge is 0.408 e. The van der Waals surface area contributed by atoms with Crippen molar-refractivity contribution in [2.45, 2.75) is 70.5 Å². The predicted molar refractivity (Wildman–Crippen MR) is 129 cm³/mol. The van der Waals surface area contributed by atoms with Crippen LogP contribution in [0.1, 0.15) is 58.2 Å². The molecule has 3 atom stereocenters. The molecule has 0 aliphatic carbocycles. The van der Waals surface area contributed by atoms with Crippen LogP contribution in [0.4, 0.5) is 10.6 Å². The summed E-state index contributed by atoms with van der Waals surface area (Å²) in [6, 6.07) is 0. The van der Waals surface area contributed by atoms with E-state index in [0.29, 0.717) is 42.3 Å².